The number of halogens is 7. The molecule has 2 aliphatic carbocycles. The van der Waals surface area contributed by atoms with Gasteiger partial charge < -0.3 is 0 Å². The molecular formula is C37H29Cl4F3N4O3S3. The van der Waals surface area contributed by atoms with Crippen LogP contribution >= 0.6 is 69.1 Å². The van der Waals surface area contributed by atoms with E-state index in [1.165, 1.54) is 17.4 Å². The van der Waals surface area contributed by atoms with E-state index in [9.17, 15) is 26.1 Å². The summed E-state index contributed by atoms with van der Waals surface area (Å²) in [6.07, 6.45) is -1.59. The van der Waals surface area contributed by atoms with Crippen molar-refractivity contribution in [1.82, 2.24) is 19.6 Å². The molecule has 4 heterocycles. The van der Waals surface area contributed by atoms with Gasteiger partial charge in [-0.15, -0.1) is 22.7 Å². The topological polar surface area (TPSA) is 90.0 Å². The Bertz CT molecular complexity index is 2560. The summed E-state index contributed by atoms with van der Waals surface area (Å²) in [7, 11) is -4.40. The predicted molar refractivity (Wildman–Crippen MR) is 210 cm³/mol. The highest BCUT2D eigenvalue weighted by Crippen LogP contribution is 2.50. The number of hydrogen-bond acceptors (Lipinski definition) is 6. The van der Waals surface area contributed by atoms with Gasteiger partial charge in [0.15, 0.2) is 0 Å². The molecule has 0 saturated carbocycles. The van der Waals surface area contributed by atoms with E-state index in [0.717, 1.165) is 37.9 Å². The summed E-state index contributed by atoms with van der Waals surface area (Å²) >= 11 is 28.0. The largest absolute Gasteiger partial charge is 0.397 e. The van der Waals surface area contributed by atoms with Gasteiger partial charge in [-0.05, 0) is 66.8 Å². The van der Waals surface area contributed by atoms with E-state index in [-0.39, 0.29) is 22.2 Å². The van der Waals surface area contributed by atoms with Gasteiger partial charge in [0.05, 0.1) is 50.1 Å². The van der Waals surface area contributed by atoms with Crippen LogP contribution in [0.5, 0.6) is 0 Å². The molecular weight excluding hydrogens is 843 g/mol. The van der Waals surface area contributed by atoms with Crippen LogP contribution in [0.1, 0.15) is 83.1 Å². The summed E-state index contributed by atoms with van der Waals surface area (Å²) < 4.78 is 81.3. The molecule has 2 aromatic carbocycles. The van der Waals surface area contributed by atoms with Crippen molar-refractivity contribution in [2.75, 3.05) is 0 Å². The third-order valence-corrected chi connectivity index (χ3v) is 14.5. The van der Waals surface area contributed by atoms with Gasteiger partial charge in [0.25, 0.3) is 0 Å². The molecule has 4 aromatic heterocycles. The normalized spacial score (nSPS) is 14.6. The average molecular weight is 873 g/mol. The zero-order valence-corrected chi connectivity index (χ0v) is 33.7. The first-order chi connectivity index (χ1) is 25.6. The van der Waals surface area contributed by atoms with Gasteiger partial charge in [0.1, 0.15) is 4.21 Å². The van der Waals surface area contributed by atoms with Crippen LogP contribution in [0.25, 0.3) is 33.9 Å². The number of alkyl halides is 3. The van der Waals surface area contributed by atoms with Crippen molar-refractivity contribution in [3.63, 3.8) is 0 Å². The molecule has 8 rings (SSSR count). The quantitative estimate of drug-likeness (QED) is 0.103. The molecule has 0 radical (unpaired) electrons. The Kier molecular flexibility index (Phi) is 10.0. The summed E-state index contributed by atoms with van der Waals surface area (Å²) in [4.78, 5) is 1.78. The Hall–Kier alpha value is -2.88. The lowest BCUT2D eigenvalue weighted by Crippen LogP contribution is -2.22. The maximum absolute atomic E-state index is 14.9. The van der Waals surface area contributed by atoms with Crippen molar-refractivity contribution in [2.45, 2.75) is 74.1 Å². The number of aromatic nitrogens is 4. The average Bonchev–Trinajstić information content (AvgIpc) is 3.91. The first-order valence-corrected chi connectivity index (χ1v) is 21.6. The standard InChI is InChI=1S/C37H29Cl4F3N4O3S3/c1-18(33-23-16-31-22(17-32(53-31)54(49,50)51)36(23)48(45-33)29-10-8-20(39)14-27(29)41)5-3-2-4-6-25(37(42,43)44)34-24-15-30-21(11-12-52-30)35(24)47(46-34)28-9-7-19(38)13-26(28)40/h7-14,17-18,25H,2-6,15-16H2,1H3,(H,49,50,51). The minimum atomic E-state index is -4.51. The first kappa shape index (κ1) is 38.0. The third-order valence-electron chi connectivity index (χ3n) is 10.1. The van der Waals surface area contributed by atoms with Gasteiger partial charge in [-0.25, -0.2) is 9.36 Å². The summed E-state index contributed by atoms with van der Waals surface area (Å²) in [6, 6.07) is 13.3. The van der Waals surface area contributed by atoms with E-state index in [0.29, 0.717) is 92.5 Å². The van der Waals surface area contributed by atoms with Crippen LogP contribution in [0.2, 0.25) is 20.1 Å². The minimum Gasteiger partial charge on any atom is -0.281 e. The molecule has 2 aliphatic rings. The second-order valence-electron chi connectivity index (χ2n) is 13.6. The zero-order valence-electron chi connectivity index (χ0n) is 28.2. The summed E-state index contributed by atoms with van der Waals surface area (Å²) in [5, 5.41) is 13.0. The molecule has 54 heavy (non-hydrogen) atoms. The monoisotopic (exact) mass is 870 g/mol. The van der Waals surface area contributed by atoms with Gasteiger partial charge in [-0.3, -0.25) is 4.55 Å². The van der Waals surface area contributed by atoms with Crippen molar-refractivity contribution in [3.05, 3.63) is 106 Å². The van der Waals surface area contributed by atoms with Gasteiger partial charge >= 0.3 is 16.3 Å². The molecule has 0 saturated heterocycles. The van der Waals surface area contributed by atoms with Crippen LogP contribution < -0.4 is 0 Å². The van der Waals surface area contributed by atoms with E-state index in [1.54, 1.807) is 45.8 Å². The van der Waals surface area contributed by atoms with E-state index in [1.807, 2.05) is 18.4 Å². The molecule has 1 N–H and O–H groups in total. The summed E-state index contributed by atoms with van der Waals surface area (Å²) in [5.74, 6) is -1.82. The summed E-state index contributed by atoms with van der Waals surface area (Å²) in [6.45, 7) is 2.03. The Labute approximate surface area is 337 Å². The number of nitrogens with zero attached hydrogens (tertiary/aromatic N) is 4. The predicted octanol–water partition coefficient (Wildman–Crippen LogP) is 12.6. The lowest BCUT2D eigenvalue weighted by atomic mass is 9.92. The lowest BCUT2D eigenvalue weighted by Gasteiger charge is -2.20. The molecule has 2 atom stereocenters. The Balaban J connectivity index is 1.02. The number of hydrogen-bond donors (Lipinski definition) is 1. The number of fused-ring (bicyclic) bond motifs is 6. The van der Waals surface area contributed by atoms with Gasteiger partial charge in [0, 0.05) is 60.8 Å². The molecule has 17 heteroatoms. The van der Waals surface area contributed by atoms with Crippen LogP contribution in [0.15, 0.2) is 58.1 Å². The SMILES string of the molecule is CC(CCCCCC(c1nn(-c2ccc(Cl)cc2Cl)c2c1Cc1sccc1-2)C(F)(F)F)c1nn(-c2ccc(Cl)cc2Cl)c2c1Cc1sc(S(=O)(=O)O)cc1-2. The van der Waals surface area contributed by atoms with Crippen molar-refractivity contribution in [1.29, 1.82) is 0 Å². The van der Waals surface area contributed by atoms with Crippen molar-refractivity contribution in [3.8, 4) is 33.9 Å². The molecule has 0 amide bonds. The molecule has 0 bridgehead atoms. The van der Waals surface area contributed by atoms with Crippen molar-refractivity contribution in [2.24, 2.45) is 0 Å². The van der Waals surface area contributed by atoms with Gasteiger partial charge in [-0.1, -0.05) is 72.6 Å². The molecule has 2 unspecified atom stereocenters. The van der Waals surface area contributed by atoms with E-state index in [2.05, 4.69) is 5.10 Å². The van der Waals surface area contributed by atoms with E-state index >= 15 is 0 Å². The number of thiophene rings is 2. The second-order valence-corrected chi connectivity index (χ2v) is 19.0. The molecule has 7 nitrogen and oxygen atoms in total. The zero-order chi connectivity index (χ0) is 38.3. The highest BCUT2D eigenvalue weighted by Gasteiger charge is 2.45. The fourth-order valence-corrected chi connectivity index (χ4v) is 11.4. The highest BCUT2D eigenvalue weighted by atomic mass is 35.5. The number of rotatable bonds is 11. The smallest absolute Gasteiger partial charge is 0.281 e. The second kappa shape index (κ2) is 14.3. The fourth-order valence-electron chi connectivity index (χ4n) is 7.61. The first-order valence-electron chi connectivity index (χ1n) is 17.0. The van der Waals surface area contributed by atoms with Crippen LogP contribution in [-0.2, 0) is 23.0 Å². The Morgan fingerprint density at radius 2 is 1.37 bits per heavy atom. The van der Waals surface area contributed by atoms with Crippen molar-refractivity contribution < 1.29 is 26.1 Å². The maximum atomic E-state index is 14.9. The Morgan fingerprint density at radius 3 is 1.98 bits per heavy atom. The maximum Gasteiger partial charge on any atom is 0.397 e. The highest BCUT2D eigenvalue weighted by molar-refractivity contribution is 7.88. The van der Waals surface area contributed by atoms with Crippen LogP contribution in [0.3, 0.4) is 0 Å². The summed E-state index contributed by atoms with van der Waals surface area (Å²) in [5.41, 5.74) is 6.23. The lowest BCUT2D eigenvalue weighted by molar-refractivity contribution is -0.153. The van der Waals surface area contributed by atoms with Crippen molar-refractivity contribution >= 4 is 79.2 Å². The number of benzene rings is 2. The molecule has 282 valence electrons. The molecule has 0 spiro atoms. The molecule has 0 fully saturated rings. The minimum absolute atomic E-state index is 0.0341. The number of unbranched alkanes of at least 4 members (excludes halogenated alkanes) is 2. The van der Waals surface area contributed by atoms with Crippen LogP contribution in [0.4, 0.5) is 13.2 Å². The van der Waals surface area contributed by atoms with E-state index < -0.39 is 22.2 Å². The van der Waals surface area contributed by atoms with Gasteiger partial charge in [-0.2, -0.15) is 31.8 Å². The van der Waals surface area contributed by atoms with Crippen LogP contribution in [-0.4, -0.2) is 38.7 Å². The van der Waals surface area contributed by atoms with Crippen LogP contribution in [0, 0.1) is 0 Å². The molecule has 0 aliphatic heterocycles. The van der Waals surface area contributed by atoms with E-state index in [4.69, 9.17) is 51.5 Å². The third kappa shape index (κ3) is 6.82. The fraction of sp³-hybridized carbons (Fsp3) is 0.297. The van der Waals surface area contributed by atoms with Gasteiger partial charge in [0.2, 0.25) is 0 Å². The Morgan fingerprint density at radius 1 is 0.796 bits per heavy atom. The molecule has 6 aromatic rings.